The molecule has 0 aliphatic carbocycles. The Morgan fingerprint density at radius 3 is 2.68 bits per heavy atom. The van der Waals surface area contributed by atoms with Crippen LogP contribution >= 0.6 is 0 Å². The molecule has 1 aromatic rings. The first-order chi connectivity index (χ1) is 12.0. The summed E-state index contributed by atoms with van der Waals surface area (Å²) in [5, 5.41) is 5.67. The number of benzene rings is 1. The number of hydrogen-bond donors (Lipinski definition) is 3. The van der Waals surface area contributed by atoms with Crippen LogP contribution in [-0.4, -0.2) is 43.0 Å². The van der Waals surface area contributed by atoms with E-state index >= 15 is 0 Å². The predicted octanol–water partition coefficient (Wildman–Crippen LogP) is 2.10. The quantitative estimate of drug-likeness (QED) is 0.630. The zero-order valence-corrected chi connectivity index (χ0v) is 15.1. The van der Waals surface area contributed by atoms with Gasteiger partial charge in [0.1, 0.15) is 0 Å². The van der Waals surface area contributed by atoms with E-state index in [1.807, 2.05) is 6.07 Å². The van der Waals surface area contributed by atoms with Crippen molar-refractivity contribution in [1.82, 2.24) is 15.5 Å². The third-order valence-electron chi connectivity index (χ3n) is 4.73. The number of likely N-dealkylation sites (tertiary alicyclic amines) is 1. The van der Waals surface area contributed by atoms with Gasteiger partial charge in [0.15, 0.2) is 0 Å². The fourth-order valence-corrected chi connectivity index (χ4v) is 3.03. The number of urea groups is 1. The van der Waals surface area contributed by atoms with Gasteiger partial charge in [-0.15, -0.1) is 0 Å². The predicted molar refractivity (Wildman–Crippen MR) is 99.3 cm³/mol. The van der Waals surface area contributed by atoms with Crippen LogP contribution < -0.4 is 16.4 Å². The smallest absolute Gasteiger partial charge is 0.315 e. The summed E-state index contributed by atoms with van der Waals surface area (Å²) < 4.78 is 0. The Morgan fingerprint density at radius 1 is 1.20 bits per heavy atom. The monoisotopic (exact) mass is 346 g/mol. The molecule has 1 aromatic carbocycles. The Labute approximate surface area is 150 Å². The van der Waals surface area contributed by atoms with Crippen molar-refractivity contribution in [3.8, 4) is 0 Å². The van der Waals surface area contributed by atoms with Crippen LogP contribution in [0, 0.1) is 5.92 Å². The van der Waals surface area contributed by atoms with E-state index in [1.165, 1.54) is 25.9 Å². The summed E-state index contributed by atoms with van der Waals surface area (Å²) in [6.07, 6.45) is 4.70. The lowest BCUT2D eigenvalue weighted by Crippen LogP contribution is -2.36. The Bertz CT molecular complexity index is 568. The van der Waals surface area contributed by atoms with E-state index in [1.54, 1.807) is 18.2 Å². The van der Waals surface area contributed by atoms with Gasteiger partial charge in [-0.2, -0.15) is 0 Å². The van der Waals surface area contributed by atoms with E-state index in [2.05, 4.69) is 22.5 Å². The number of nitrogens with zero attached hydrogens (tertiary/aromatic N) is 1. The van der Waals surface area contributed by atoms with Crippen LogP contribution in [0.3, 0.4) is 0 Å². The first kappa shape index (κ1) is 19.2. The van der Waals surface area contributed by atoms with Crippen molar-refractivity contribution in [2.45, 2.75) is 39.2 Å². The van der Waals surface area contributed by atoms with Gasteiger partial charge >= 0.3 is 6.03 Å². The molecule has 1 heterocycles. The molecule has 0 unspecified atom stereocenters. The van der Waals surface area contributed by atoms with Crippen molar-refractivity contribution in [3.05, 3.63) is 35.4 Å². The molecule has 138 valence electrons. The van der Waals surface area contributed by atoms with Crippen LogP contribution in [0.2, 0.25) is 0 Å². The van der Waals surface area contributed by atoms with E-state index in [0.29, 0.717) is 18.7 Å². The van der Waals surface area contributed by atoms with E-state index in [4.69, 9.17) is 5.73 Å². The third-order valence-corrected chi connectivity index (χ3v) is 4.73. The standard InChI is InChI=1S/C19H30N4O2/c1-15-7-11-23(12-8-15)10-3-2-9-21-19(25)22-14-16-5-4-6-17(13-16)18(20)24/h4-6,13,15H,2-3,7-12,14H2,1H3,(H2,20,24)(H2,21,22,25). The largest absolute Gasteiger partial charge is 0.366 e. The molecule has 6 heteroatoms. The molecule has 3 amide bonds. The number of primary amides is 1. The van der Waals surface area contributed by atoms with Crippen LogP contribution in [0.1, 0.15) is 48.5 Å². The van der Waals surface area contributed by atoms with E-state index in [0.717, 1.165) is 30.9 Å². The van der Waals surface area contributed by atoms with Crippen LogP contribution in [0.4, 0.5) is 4.79 Å². The van der Waals surface area contributed by atoms with Gasteiger partial charge in [-0.1, -0.05) is 19.1 Å². The molecule has 0 saturated carbocycles. The average molecular weight is 346 g/mol. The zero-order valence-electron chi connectivity index (χ0n) is 15.1. The maximum atomic E-state index is 11.8. The number of rotatable bonds is 8. The van der Waals surface area contributed by atoms with Gasteiger partial charge < -0.3 is 21.3 Å². The molecule has 0 bridgehead atoms. The summed E-state index contributed by atoms with van der Waals surface area (Å²) in [5.74, 6) is 0.403. The number of hydrogen-bond acceptors (Lipinski definition) is 3. The van der Waals surface area contributed by atoms with Crippen molar-refractivity contribution in [3.63, 3.8) is 0 Å². The fourth-order valence-electron chi connectivity index (χ4n) is 3.03. The number of piperidine rings is 1. The van der Waals surface area contributed by atoms with Crippen LogP contribution in [-0.2, 0) is 6.54 Å². The Kier molecular flexibility index (Phi) is 7.73. The van der Waals surface area contributed by atoms with Crippen molar-refractivity contribution in [2.24, 2.45) is 11.7 Å². The molecule has 2 rings (SSSR count). The van der Waals surface area contributed by atoms with Gasteiger partial charge in [0.25, 0.3) is 0 Å². The Morgan fingerprint density at radius 2 is 1.96 bits per heavy atom. The highest BCUT2D eigenvalue weighted by molar-refractivity contribution is 5.92. The number of nitrogens with one attached hydrogen (secondary N) is 2. The molecule has 4 N–H and O–H groups in total. The first-order valence-electron chi connectivity index (χ1n) is 9.17. The summed E-state index contributed by atoms with van der Waals surface area (Å²) in [5.41, 5.74) is 6.55. The minimum absolute atomic E-state index is 0.184. The summed E-state index contributed by atoms with van der Waals surface area (Å²) in [6.45, 7) is 6.91. The third kappa shape index (κ3) is 7.13. The molecule has 0 radical (unpaired) electrons. The van der Waals surface area contributed by atoms with Crippen molar-refractivity contribution in [2.75, 3.05) is 26.2 Å². The number of carbonyl (C=O) groups is 2. The lowest BCUT2D eigenvalue weighted by atomic mass is 9.99. The van der Waals surface area contributed by atoms with Gasteiger partial charge in [-0.25, -0.2) is 4.79 Å². The molecule has 0 atom stereocenters. The number of nitrogens with two attached hydrogens (primary N) is 1. The lowest BCUT2D eigenvalue weighted by Gasteiger charge is -2.30. The molecule has 0 spiro atoms. The van der Waals surface area contributed by atoms with E-state index in [9.17, 15) is 9.59 Å². The minimum Gasteiger partial charge on any atom is -0.366 e. The molecule has 25 heavy (non-hydrogen) atoms. The second-order valence-electron chi connectivity index (χ2n) is 6.91. The van der Waals surface area contributed by atoms with Crippen LogP contribution in [0.25, 0.3) is 0 Å². The second-order valence-corrected chi connectivity index (χ2v) is 6.91. The molecular weight excluding hydrogens is 316 g/mol. The van der Waals surface area contributed by atoms with Gasteiger partial charge in [-0.3, -0.25) is 4.79 Å². The number of amides is 3. The molecule has 1 aliphatic rings. The molecule has 1 fully saturated rings. The fraction of sp³-hybridized carbons (Fsp3) is 0.579. The molecular formula is C19H30N4O2. The van der Waals surface area contributed by atoms with Crippen LogP contribution in [0.15, 0.2) is 24.3 Å². The molecule has 1 aliphatic heterocycles. The number of carbonyl (C=O) groups excluding carboxylic acids is 2. The Hall–Kier alpha value is -2.08. The summed E-state index contributed by atoms with van der Waals surface area (Å²) in [6, 6.07) is 6.79. The van der Waals surface area contributed by atoms with E-state index in [-0.39, 0.29) is 6.03 Å². The topological polar surface area (TPSA) is 87.5 Å². The summed E-state index contributed by atoms with van der Waals surface area (Å²) in [7, 11) is 0. The van der Waals surface area contributed by atoms with Crippen LogP contribution in [0.5, 0.6) is 0 Å². The van der Waals surface area contributed by atoms with Gasteiger partial charge in [-0.05, 0) is 68.9 Å². The molecule has 6 nitrogen and oxygen atoms in total. The highest BCUT2D eigenvalue weighted by atomic mass is 16.2. The first-order valence-corrected chi connectivity index (χ1v) is 9.17. The lowest BCUT2D eigenvalue weighted by molar-refractivity contribution is 0.1000. The average Bonchev–Trinajstić information content (AvgIpc) is 2.61. The number of unbranched alkanes of at least 4 members (excludes halogenated alkanes) is 1. The highest BCUT2D eigenvalue weighted by Gasteiger charge is 2.14. The zero-order chi connectivity index (χ0) is 18.1. The normalized spacial score (nSPS) is 15.7. The summed E-state index contributed by atoms with van der Waals surface area (Å²) in [4.78, 5) is 25.5. The SMILES string of the molecule is CC1CCN(CCCCNC(=O)NCc2cccc(C(N)=O)c2)CC1. The summed E-state index contributed by atoms with van der Waals surface area (Å²) >= 11 is 0. The minimum atomic E-state index is -0.463. The van der Waals surface area contributed by atoms with Crippen molar-refractivity contribution >= 4 is 11.9 Å². The Balaban J connectivity index is 1.55. The second kappa shape index (κ2) is 10.0. The maximum absolute atomic E-state index is 11.8. The van der Waals surface area contributed by atoms with Crippen molar-refractivity contribution in [1.29, 1.82) is 0 Å². The van der Waals surface area contributed by atoms with Gasteiger partial charge in [0.2, 0.25) is 5.91 Å². The molecule has 0 aromatic heterocycles. The van der Waals surface area contributed by atoms with Crippen molar-refractivity contribution < 1.29 is 9.59 Å². The highest BCUT2D eigenvalue weighted by Crippen LogP contribution is 2.16. The van der Waals surface area contributed by atoms with Gasteiger partial charge in [0.05, 0.1) is 0 Å². The van der Waals surface area contributed by atoms with E-state index < -0.39 is 5.91 Å². The van der Waals surface area contributed by atoms with Gasteiger partial charge in [0, 0.05) is 18.7 Å². The molecule has 1 saturated heterocycles. The maximum Gasteiger partial charge on any atom is 0.315 e.